The fourth-order valence-electron chi connectivity index (χ4n) is 1.46. The Morgan fingerprint density at radius 2 is 1.95 bits per heavy atom. The number of ether oxygens (including phenoxy) is 1. The summed E-state index contributed by atoms with van der Waals surface area (Å²) in [6.07, 6.45) is -0.978. The van der Waals surface area contributed by atoms with Crippen molar-refractivity contribution in [1.82, 2.24) is 5.32 Å². The van der Waals surface area contributed by atoms with Gasteiger partial charge in [-0.3, -0.25) is 0 Å². The van der Waals surface area contributed by atoms with Crippen LogP contribution < -0.4 is 5.32 Å². The summed E-state index contributed by atoms with van der Waals surface area (Å²) >= 11 is 0. The van der Waals surface area contributed by atoms with E-state index in [4.69, 9.17) is 9.84 Å². The number of hydrogen-bond donors (Lipinski definition) is 3. The highest BCUT2D eigenvalue weighted by atomic mass is 19.1. The molecule has 0 aromatic heterocycles. The summed E-state index contributed by atoms with van der Waals surface area (Å²) in [7, 11) is 0. The fraction of sp³-hybridized carbons (Fsp3) is 0.385. The molecule has 1 unspecified atom stereocenters. The molecule has 1 amide bonds. The molecule has 0 aliphatic rings. The van der Waals surface area contributed by atoms with E-state index in [-0.39, 0.29) is 5.56 Å². The number of aliphatic carboxylic acids is 1. The van der Waals surface area contributed by atoms with Crippen molar-refractivity contribution in [2.24, 2.45) is 0 Å². The molecule has 0 radical (unpaired) electrons. The molecule has 20 heavy (non-hydrogen) atoms. The van der Waals surface area contributed by atoms with Gasteiger partial charge in [-0.2, -0.15) is 0 Å². The lowest BCUT2D eigenvalue weighted by Gasteiger charge is -2.22. The summed E-state index contributed by atoms with van der Waals surface area (Å²) in [5, 5.41) is 20.7. The van der Waals surface area contributed by atoms with Crippen molar-refractivity contribution in [3.63, 3.8) is 0 Å². The Hall–Kier alpha value is -2.31. The molecule has 1 atom stereocenters. The molecule has 7 heteroatoms. The lowest BCUT2D eigenvalue weighted by molar-refractivity contribution is -0.139. The van der Waals surface area contributed by atoms with Gasteiger partial charge in [0, 0.05) is 5.56 Å². The molecular formula is C13H16FNO5. The first-order valence-electron chi connectivity index (χ1n) is 5.81. The van der Waals surface area contributed by atoms with Gasteiger partial charge in [0.15, 0.2) is 17.6 Å². The second-order valence-corrected chi connectivity index (χ2v) is 5.10. The van der Waals surface area contributed by atoms with Crippen molar-refractivity contribution in [3.8, 4) is 5.75 Å². The lowest BCUT2D eigenvalue weighted by atomic mass is 10.1. The third-order valence-corrected chi connectivity index (χ3v) is 2.24. The Morgan fingerprint density at radius 3 is 2.45 bits per heavy atom. The summed E-state index contributed by atoms with van der Waals surface area (Å²) in [6.45, 7) is 4.84. The number of alkyl carbamates (subject to hydrolysis) is 1. The number of aromatic hydroxyl groups is 1. The minimum atomic E-state index is -1.61. The maximum atomic E-state index is 13.2. The highest BCUT2D eigenvalue weighted by molar-refractivity contribution is 5.82. The first-order chi connectivity index (χ1) is 9.11. The third-order valence-electron chi connectivity index (χ3n) is 2.24. The molecular weight excluding hydrogens is 269 g/mol. The number of carbonyl (C=O) groups excluding carboxylic acids is 1. The molecule has 6 nitrogen and oxygen atoms in total. The molecule has 0 aliphatic heterocycles. The van der Waals surface area contributed by atoms with Crippen LogP contribution in [0.2, 0.25) is 0 Å². The molecule has 110 valence electrons. The molecule has 1 rings (SSSR count). The van der Waals surface area contributed by atoms with Crippen LogP contribution in [0.1, 0.15) is 32.4 Å². The van der Waals surface area contributed by atoms with Crippen LogP contribution >= 0.6 is 0 Å². The molecule has 1 aromatic rings. The number of hydrogen-bond acceptors (Lipinski definition) is 4. The summed E-state index contributed by atoms with van der Waals surface area (Å²) < 4.78 is 18.1. The van der Waals surface area contributed by atoms with Crippen LogP contribution in [0.5, 0.6) is 5.75 Å². The van der Waals surface area contributed by atoms with Gasteiger partial charge in [-0.1, -0.05) is 12.1 Å². The van der Waals surface area contributed by atoms with Crippen molar-refractivity contribution in [2.45, 2.75) is 32.4 Å². The number of rotatable bonds is 3. The number of halogens is 1. The summed E-state index contributed by atoms with van der Waals surface area (Å²) in [6, 6.07) is 1.80. The number of benzene rings is 1. The first kappa shape index (κ1) is 15.7. The first-order valence-corrected chi connectivity index (χ1v) is 5.81. The molecule has 0 fully saturated rings. The van der Waals surface area contributed by atoms with Gasteiger partial charge < -0.3 is 20.3 Å². The standard InChI is InChI=1S/C13H16FNO5/c1-13(2,3)20-12(19)15-9(11(17)18)7-5-4-6-8(14)10(7)16/h4-6,9,16H,1-3H3,(H,15,19)(H,17,18). The highest BCUT2D eigenvalue weighted by Gasteiger charge is 2.28. The number of carboxylic acids is 1. The van der Waals surface area contributed by atoms with Gasteiger partial charge in [0.2, 0.25) is 0 Å². The second kappa shape index (κ2) is 5.77. The Kier molecular flexibility index (Phi) is 4.54. The normalized spacial score (nSPS) is 12.6. The smallest absolute Gasteiger partial charge is 0.408 e. The van der Waals surface area contributed by atoms with Crippen LogP contribution in [0.3, 0.4) is 0 Å². The van der Waals surface area contributed by atoms with Crippen LogP contribution in [0.4, 0.5) is 9.18 Å². The Labute approximate surface area is 115 Å². The van der Waals surface area contributed by atoms with Crippen LogP contribution in [-0.4, -0.2) is 27.9 Å². The monoisotopic (exact) mass is 285 g/mol. The molecule has 0 spiro atoms. The number of phenolic OH excluding ortho intramolecular Hbond substituents is 1. The van der Waals surface area contributed by atoms with Gasteiger partial charge in [0.05, 0.1) is 0 Å². The number of nitrogens with one attached hydrogen (secondary N) is 1. The van der Waals surface area contributed by atoms with Crippen LogP contribution in [0.25, 0.3) is 0 Å². The van der Waals surface area contributed by atoms with E-state index in [0.717, 1.165) is 6.07 Å². The van der Waals surface area contributed by atoms with Crippen molar-refractivity contribution in [1.29, 1.82) is 0 Å². The van der Waals surface area contributed by atoms with E-state index in [1.54, 1.807) is 20.8 Å². The zero-order valence-corrected chi connectivity index (χ0v) is 11.3. The maximum absolute atomic E-state index is 13.2. The lowest BCUT2D eigenvalue weighted by Crippen LogP contribution is -2.38. The van der Waals surface area contributed by atoms with E-state index in [0.29, 0.717) is 0 Å². The average molecular weight is 285 g/mol. The number of para-hydroxylation sites is 1. The Balaban J connectivity index is 2.99. The second-order valence-electron chi connectivity index (χ2n) is 5.10. The molecule has 0 saturated carbocycles. The van der Waals surface area contributed by atoms with E-state index >= 15 is 0 Å². The van der Waals surface area contributed by atoms with Crippen molar-refractivity contribution in [3.05, 3.63) is 29.6 Å². The van der Waals surface area contributed by atoms with E-state index in [1.807, 2.05) is 0 Å². The summed E-state index contributed by atoms with van der Waals surface area (Å²) in [5.74, 6) is -3.24. The van der Waals surface area contributed by atoms with Gasteiger partial charge >= 0.3 is 12.1 Å². The SMILES string of the molecule is CC(C)(C)OC(=O)NC(C(=O)O)c1cccc(F)c1O. The van der Waals surface area contributed by atoms with E-state index in [9.17, 15) is 19.1 Å². The molecule has 0 heterocycles. The van der Waals surface area contributed by atoms with Crippen LogP contribution in [0.15, 0.2) is 18.2 Å². The number of carboxylic acid groups (broad SMARTS) is 1. The molecule has 0 saturated heterocycles. The van der Waals surface area contributed by atoms with Gasteiger partial charge in [0.25, 0.3) is 0 Å². The molecule has 0 bridgehead atoms. The van der Waals surface area contributed by atoms with E-state index in [2.05, 4.69) is 5.32 Å². The van der Waals surface area contributed by atoms with Crippen molar-refractivity contribution in [2.75, 3.05) is 0 Å². The number of carbonyl (C=O) groups is 2. The predicted octanol–water partition coefficient (Wildman–Crippen LogP) is 2.18. The van der Waals surface area contributed by atoms with Gasteiger partial charge in [-0.05, 0) is 26.8 Å². The maximum Gasteiger partial charge on any atom is 0.408 e. The zero-order valence-electron chi connectivity index (χ0n) is 11.3. The largest absolute Gasteiger partial charge is 0.505 e. The van der Waals surface area contributed by atoms with Gasteiger partial charge in [0.1, 0.15) is 5.60 Å². The summed E-state index contributed by atoms with van der Waals surface area (Å²) in [5.41, 5.74) is -1.07. The Morgan fingerprint density at radius 1 is 1.35 bits per heavy atom. The number of amides is 1. The number of phenols is 1. The minimum absolute atomic E-state index is 0.261. The van der Waals surface area contributed by atoms with Gasteiger partial charge in [-0.15, -0.1) is 0 Å². The summed E-state index contributed by atoms with van der Waals surface area (Å²) in [4.78, 5) is 22.7. The zero-order chi connectivity index (χ0) is 15.5. The van der Waals surface area contributed by atoms with Gasteiger partial charge in [-0.25, -0.2) is 14.0 Å². The predicted molar refractivity (Wildman–Crippen MR) is 67.8 cm³/mol. The molecule has 1 aromatic carbocycles. The fourth-order valence-corrected chi connectivity index (χ4v) is 1.46. The Bertz CT molecular complexity index is 524. The van der Waals surface area contributed by atoms with Crippen LogP contribution in [0, 0.1) is 5.82 Å². The quantitative estimate of drug-likeness (QED) is 0.791. The molecule has 3 N–H and O–H groups in total. The third kappa shape index (κ3) is 4.11. The van der Waals surface area contributed by atoms with E-state index in [1.165, 1.54) is 12.1 Å². The highest BCUT2D eigenvalue weighted by Crippen LogP contribution is 2.27. The molecule has 0 aliphatic carbocycles. The van der Waals surface area contributed by atoms with Crippen molar-refractivity contribution >= 4 is 12.1 Å². The average Bonchev–Trinajstić information content (AvgIpc) is 2.27. The van der Waals surface area contributed by atoms with Crippen LogP contribution in [-0.2, 0) is 9.53 Å². The van der Waals surface area contributed by atoms with Crippen molar-refractivity contribution < 1.29 is 28.9 Å². The van der Waals surface area contributed by atoms with E-state index < -0.39 is 35.3 Å². The topological polar surface area (TPSA) is 95.9 Å². The minimum Gasteiger partial charge on any atom is -0.505 e.